The first-order chi connectivity index (χ1) is 12.9. The van der Waals surface area contributed by atoms with Crippen molar-refractivity contribution in [3.63, 3.8) is 0 Å². The Morgan fingerprint density at radius 2 is 0.852 bits per heavy atom. The van der Waals surface area contributed by atoms with Crippen LogP contribution in [-0.2, 0) is 0 Å². The molecule has 130 valence electrons. The minimum Gasteiger partial charge on any atom is -0.254 e. The number of nitrogens with zero attached hydrogens (tertiary/aromatic N) is 2. The van der Waals surface area contributed by atoms with Crippen molar-refractivity contribution in [1.29, 1.82) is 0 Å². The lowest BCUT2D eigenvalue weighted by atomic mass is 9.97. The second-order valence-electron chi connectivity index (χ2n) is 6.31. The summed E-state index contributed by atoms with van der Waals surface area (Å²) in [5, 5.41) is 2.26. The Morgan fingerprint density at radius 1 is 0.444 bits per heavy atom. The smallest absolute Gasteiger partial charge is 0.0970 e. The number of hydrogen-bond acceptors (Lipinski definition) is 2. The molecule has 0 bridgehead atoms. The topological polar surface area (TPSA) is 25.8 Å². The van der Waals surface area contributed by atoms with E-state index < -0.39 is 0 Å². The van der Waals surface area contributed by atoms with Gasteiger partial charge in [-0.05, 0) is 34.4 Å². The molecule has 0 fully saturated rings. The van der Waals surface area contributed by atoms with Gasteiger partial charge in [-0.2, -0.15) is 0 Å². The molecule has 0 N–H and O–H groups in total. The summed E-state index contributed by atoms with van der Waals surface area (Å²) in [4.78, 5) is 9.34. The van der Waals surface area contributed by atoms with E-state index in [4.69, 9.17) is 0 Å². The van der Waals surface area contributed by atoms with Crippen molar-refractivity contribution in [3.05, 3.63) is 97.3 Å². The summed E-state index contributed by atoms with van der Waals surface area (Å²) in [6, 6.07) is 29.3. The van der Waals surface area contributed by atoms with Crippen LogP contribution in [0.1, 0.15) is 0 Å². The van der Waals surface area contributed by atoms with Crippen molar-refractivity contribution in [1.82, 2.24) is 9.97 Å². The molecule has 3 aromatic carbocycles. The van der Waals surface area contributed by atoms with E-state index in [0.29, 0.717) is 0 Å². The summed E-state index contributed by atoms with van der Waals surface area (Å²) < 4.78 is 0. The third kappa shape index (κ3) is 2.94. The number of hydrogen-bond donors (Lipinski definition) is 0. The van der Waals surface area contributed by atoms with Crippen LogP contribution in [0.3, 0.4) is 0 Å². The molecule has 2 aromatic heterocycles. The highest BCUT2D eigenvalue weighted by Crippen LogP contribution is 2.34. The highest BCUT2D eigenvalue weighted by molar-refractivity contribution is 6.11. The predicted molar refractivity (Wildman–Crippen MR) is 115 cm³/mol. The van der Waals surface area contributed by atoms with Crippen LogP contribution in [0, 0.1) is 0 Å². The minimum atomic E-state index is 0. The molecule has 2 nitrogen and oxygen atoms in total. The van der Waals surface area contributed by atoms with Crippen molar-refractivity contribution < 1.29 is 0 Å². The quantitative estimate of drug-likeness (QED) is 0.330. The Bertz CT molecular complexity index is 1120. The van der Waals surface area contributed by atoms with Gasteiger partial charge < -0.3 is 0 Å². The first kappa shape index (κ1) is 17.2. The third-order valence-electron chi connectivity index (χ3n) is 4.79. The number of pyridine rings is 2. The van der Waals surface area contributed by atoms with Gasteiger partial charge in [-0.15, -0.1) is 12.4 Å². The van der Waals surface area contributed by atoms with Crippen LogP contribution in [0.15, 0.2) is 97.3 Å². The molecule has 3 heteroatoms. The summed E-state index contributed by atoms with van der Waals surface area (Å²) in [7, 11) is 0. The van der Waals surface area contributed by atoms with E-state index in [-0.39, 0.29) is 12.4 Å². The average molecular weight is 369 g/mol. The van der Waals surface area contributed by atoms with Crippen LogP contribution in [0.2, 0.25) is 0 Å². The van der Waals surface area contributed by atoms with Crippen LogP contribution >= 0.6 is 12.4 Å². The SMILES string of the molecule is Cl.c1ccc(-c2ccnc3c2ccc2c(-c4ccccc4)ccnc23)cc1. The van der Waals surface area contributed by atoms with Gasteiger partial charge in [0.05, 0.1) is 11.0 Å². The van der Waals surface area contributed by atoms with Gasteiger partial charge in [0.2, 0.25) is 0 Å². The van der Waals surface area contributed by atoms with Crippen LogP contribution in [0.5, 0.6) is 0 Å². The summed E-state index contributed by atoms with van der Waals surface area (Å²) in [5.74, 6) is 0. The fourth-order valence-electron chi connectivity index (χ4n) is 3.57. The van der Waals surface area contributed by atoms with Gasteiger partial charge in [-0.25, -0.2) is 0 Å². The molecule has 0 atom stereocenters. The van der Waals surface area contributed by atoms with Gasteiger partial charge >= 0.3 is 0 Å². The Labute approximate surface area is 164 Å². The van der Waals surface area contributed by atoms with Gasteiger partial charge in [0, 0.05) is 23.2 Å². The summed E-state index contributed by atoms with van der Waals surface area (Å²) in [5.41, 5.74) is 6.65. The van der Waals surface area contributed by atoms with E-state index in [9.17, 15) is 0 Å². The van der Waals surface area contributed by atoms with E-state index in [0.717, 1.165) is 21.8 Å². The lowest BCUT2D eigenvalue weighted by Crippen LogP contribution is -1.90. The minimum absolute atomic E-state index is 0. The predicted octanol–water partition coefficient (Wildman–Crippen LogP) is 6.54. The maximum atomic E-state index is 4.67. The Balaban J connectivity index is 0.00000180. The molecule has 5 rings (SSSR count). The Morgan fingerprint density at radius 3 is 1.26 bits per heavy atom. The van der Waals surface area contributed by atoms with Crippen LogP contribution in [-0.4, -0.2) is 9.97 Å². The molecule has 5 aromatic rings. The molecular formula is C24H17ClN2. The van der Waals surface area contributed by atoms with E-state index in [1.54, 1.807) is 0 Å². The summed E-state index contributed by atoms with van der Waals surface area (Å²) in [6.45, 7) is 0. The standard InChI is InChI=1S/C24H16N2.ClH/c1-3-7-17(8-4-1)19-13-15-25-23-21(19)11-12-22-20(14-16-26-24(22)23)18-9-5-2-6-10-18;/h1-16H;1H. The van der Waals surface area contributed by atoms with Crippen molar-refractivity contribution in [2.24, 2.45) is 0 Å². The Hall–Kier alpha value is -3.23. The largest absolute Gasteiger partial charge is 0.254 e. The lowest BCUT2D eigenvalue weighted by molar-refractivity contribution is 1.37. The van der Waals surface area contributed by atoms with Crippen LogP contribution < -0.4 is 0 Å². The van der Waals surface area contributed by atoms with E-state index in [1.165, 1.54) is 22.3 Å². The Kier molecular flexibility index (Phi) is 4.57. The molecule has 0 amide bonds. The van der Waals surface area contributed by atoms with Gasteiger partial charge in [0.15, 0.2) is 0 Å². The van der Waals surface area contributed by atoms with Crippen LogP contribution in [0.25, 0.3) is 44.1 Å². The summed E-state index contributed by atoms with van der Waals surface area (Å²) >= 11 is 0. The fourth-order valence-corrected chi connectivity index (χ4v) is 3.57. The fraction of sp³-hybridized carbons (Fsp3) is 0. The van der Waals surface area contributed by atoms with Crippen LogP contribution in [0.4, 0.5) is 0 Å². The zero-order chi connectivity index (χ0) is 17.3. The van der Waals surface area contributed by atoms with Gasteiger partial charge in [-0.3, -0.25) is 9.97 Å². The van der Waals surface area contributed by atoms with E-state index in [1.807, 2.05) is 24.5 Å². The molecule has 0 saturated carbocycles. The monoisotopic (exact) mass is 368 g/mol. The molecule has 27 heavy (non-hydrogen) atoms. The molecule has 2 heterocycles. The van der Waals surface area contributed by atoms with E-state index in [2.05, 4.69) is 82.8 Å². The molecule has 0 aliphatic heterocycles. The molecule has 0 saturated heterocycles. The molecule has 0 aliphatic rings. The zero-order valence-electron chi connectivity index (χ0n) is 14.5. The van der Waals surface area contributed by atoms with Crippen molar-refractivity contribution in [3.8, 4) is 22.3 Å². The normalized spacial score (nSPS) is 10.7. The van der Waals surface area contributed by atoms with Crippen molar-refractivity contribution in [2.45, 2.75) is 0 Å². The highest BCUT2D eigenvalue weighted by Gasteiger charge is 2.11. The molecular weight excluding hydrogens is 352 g/mol. The number of rotatable bonds is 2. The van der Waals surface area contributed by atoms with Crippen molar-refractivity contribution >= 4 is 34.2 Å². The lowest BCUT2D eigenvalue weighted by Gasteiger charge is -2.11. The zero-order valence-corrected chi connectivity index (χ0v) is 15.4. The van der Waals surface area contributed by atoms with Gasteiger partial charge in [0.25, 0.3) is 0 Å². The third-order valence-corrected chi connectivity index (χ3v) is 4.79. The van der Waals surface area contributed by atoms with Crippen molar-refractivity contribution in [2.75, 3.05) is 0 Å². The maximum absolute atomic E-state index is 4.67. The number of fused-ring (bicyclic) bond motifs is 3. The molecule has 0 spiro atoms. The average Bonchev–Trinajstić information content (AvgIpc) is 2.74. The highest BCUT2D eigenvalue weighted by atomic mass is 35.5. The first-order valence-corrected chi connectivity index (χ1v) is 8.69. The van der Waals surface area contributed by atoms with Gasteiger partial charge in [0.1, 0.15) is 0 Å². The molecule has 0 unspecified atom stereocenters. The maximum Gasteiger partial charge on any atom is 0.0970 e. The van der Waals surface area contributed by atoms with Gasteiger partial charge in [-0.1, -0.05) is 72.8 Å². The number of halogens is 1. The first-order valence-electron chi connectivity index (χ1n) is 8.69. The second-order valence-corrected chi connectivity index (χ2v) is 6.31. The van der Waals surface area contributed by atoms with E-state index >= 15 is 0 Å². The molecule has 0 aliphatic carbocycles. The molecule has 0 radical (unpaired) electrons. The second kappa shape index (κ2) is 7.18. The number of aromatic nitrogens is 2. The number of benzene rings is 3. The summed E-state index contributed by atoms with van der Waals surface area (Å²) in [6.07, 6.45) is 3.75.